The van der Waals surface area contributed by atoms with E-state index in [0.29, 0.717) is 13.0 Å². The molecule has 0 aliphatic rings. The number of benzene rings is 1. The van der Waals surface area contributed by atoms with Gasteiger partial charge in [0, 0.05) is 22.8 Å². The number of rotatable bonds is 6. The summed E-state index contributed by atoms with van der Waals surface area (Å²) in [4.78, 5) is 11.9. The van der Waals surface area contributed by atoms with Gasteiger partial charge in [-0.15, -0.1) is 12.4 Å². The Labute approximate surface area is 128 Å². The highest BCUT2D eigenvalue weighted by molar-refractivity contribution is 9.10. The second kappa shape index (κ2) is 9.31. The molecule has 3 N–H and O–H groups in total. The van der Waals surface area contributed by atoms with E-state index in [1.54, 1.807) is 7.11 Å². The zero-order chi connectivity index (χ0) is 13.5. The van der Waals surface area contributed by atoms with E-state index >= 15 is 0 Å². The zero-order valence-corrected chi connectivity index (χ0v) is 13.5. The van der Waals surface area contributed by atoms with Crippen LogP contribution in [0.1, 0.15) is 25.3 Å². The highest BCUT2D eigenvalue weighted by Gasteiger charge is 2.15. The number of carbonyl (C=O) groups is 1. The first-order chi connectivity index (χ1) is 8.60. The Kier molecular flexibility index (Phi) is 9.01. The molecule has 1 rings (SSSR count). The van der Waals surface area contributed by atoms with Crippen LogP contribution in [0.2, 0.25) is 0 Å². The molecule has 0 bridgehead atoms. The average Bonchev–Trinajstić information content (AvgIpc) is 2.34. The summed E-state index contributed by atoms with van der Waals surface area (Å²) in [5.74, 6) is -0.160. The molecule has 1 amide bonds. The van der Waals surface area contributed by atoms with E-state index < -0.39 is 6.04 Å². The molecular weight excluding hydrogens is 332 g/mol. The van der Waals surface area contributed by atoms with Crippen molar-refractivity contribution in [3.8, 4) is 0 Å². The Morgan fingerprint density at radius 1 is 1.53 bits per heavy atom. The highest BCUT2D eigenvalue weighted by Crippen LogP contribution is 2.25. The minimum atomic E-state index is -0.468. The standard InChI is InChI=1S/C13H19BrN2O2.ClH/c1-3-5-11(15)13(17)16-12-7-4-6-10(14)9(12)8-18-2;/h4,6-7,11H,3,5,8,15H2,1-2H3,(H,16,17);1H. The maximum Gasteiger partial charge on any atom is 0.241 e. The molecule has 0 saturated carbocycles. The predicted octanol–water partition coefficient (Wildman–Crippen LogP) is 3.08. The Morgan fingerprint density at radius 3 is 2.79 bits per heavy atom. The molecule has 1 aromatic carbocycles. The first-order valence-electron chi connectivity index (χ1n) is 5.92. The van der Waals surface area contributed by atoms with Gasteiger partial charge in [0.25, 0.3) is 0 Å². The number of carbonyl (C=O) groups excluding carboxylic acids is 1. The minimum absolute atomic E-state index is 0. The third-order valence-corrected chi connectivity index (χ3v) is 3.34. The van der Waals surface area contributed by atoms with Crippen molar-refractivity contribution in [2.24, 2.45) is 5.73 Å². The van der Waals surface area contributed by atoms with Crippen LogP contribution in [-0.2, 0) is 16.1 Å². The molecule has 0 spiro atoms. The van der Waals surface area contributed by atoms with Crippen molar-refractivity contribution in [1.29, 1.82) is 0 Å². The van der Waals surface area contributed by atoms with E-state index in [1.807, 2.05) is 25.1 Å². The van der Waals surface area contributed by atoms with Crippen molar-refractivity contribution in [2.75, 3.05) is 12.4 Å². The van der Waals surface area contributed by atoms with E-state index in [-0.39, 0.29) is 18.3 Å². The van der Waals surface area contributed by atoms with Gasteiger partial charge in [0.1, 0.15) is 0 Å². The van der Waals surface area contributed by atoms with Gasteiger partial charge in [-0.1, -0.05) is 35.3 Å². The molecule has 0 fully saturated rings. The molecule has 108 valence electrons. The lowest BCUT2D eigenvalue weighted by atomic mass is 10.1. The summed E-state index contributed by atoms with van der Waals surface area (Å²) in [5, 5.41) is 2.85. The topological polar surface area (TPSA) is 64.4 Å². The molecule has 19 heavy (non-hydrogen) atoms. The van der Waals surface area contributed by atoms with Gasteiger partial charge in [-0.05, 0) is 18.6 Å². The van der Waals surface area contributed by atoms with Crippen molar-refractivity contribution in [2.45, 2.75) is 32.4 Å². The van der Waals surface area contributed by atoms with Crippen LogP contribution in [0, 0.1) is 0 Å². The van der Waals surface area contributed by atoms with E-state index in [9.17, 15) is 4.79 Å². The van der Waals surface area contributed by atoms with Crippen LogP contribution >= 0.6 is 28.3 Å². The number of amides is 1. The van der Waals surface area contributed by atoms with Crippen LogP contribution in [0.25, 0.3) is 0 Å². The first-order valence-corrected chi connectivity index (χ1v) is 6.72. The van der Waals surface area contributed by atoms with Crippen molar-refractivity contribution < 1.29 is 9.53 Å². The van der Waals surface area contributed by atoms with Crippen LogP contribution in [0.4, 0.5) is 5.69 Å². The number of methoxy groups -OCH3 is 1. The van der Waals surface area contributed by atoms with Gasteiger partial charge >= 0.3 is 0 Å². The summed E-state index contributed by atoms with van der Waals surface area (Å²) in [6.07, 6.45) is 1.57. The third kappa shape index (κ3) is 5.48. The van der Waals surface area contributed by atoms with E-state index in [1.165, 1.54) is 0 Å². The Hall–Kier alpha value is -0.620. The molecule has 0 aliphatic carbocycles. The average molecular weight is 352 g/mol. The van der Waals surface area contributed by atoms with Crippen LogP contribution in [-0.4, -0.2) is 19.1 Å². The SMILES string of the molecule is CCCC(N)C(=O)Nc1cccc(Br)c1COC.Cl. The molecular formula is C13H20BrClN2O2. The molecule has 0 saturated heterocycles. The largest absolute Gasteiger partial charge is 0.380 e. The summed E-state index contributed by atoms with van der Waals surface area (Å²) in [6.45, 7) is 2.43. The molecule has 0 aromatic heterocycles. The quantitative estimate of drug-likeness (QED) is 0.828. The van der Waals surface area contributed by atoms with Gasteiger partial charge in [0.2, 0.25) is 5.91 Å². The predicted molar refractivity (Wildman–Crippen MR) is 83.6 cm³/mol. The lowest BCUT2D eigenvalue weighted by Gasteiger charge is -2.15. The number of halogens is 2. The van der Waals surface area contributed by atoms with E-state index in [0.717, 1.165) is 22.1 Å². The summed E-state index contributed by atoms with van der Waals surface area (Å²) < 4.78 is 6.03. The van der Waals surface area contributed by atoms with Crippen molar-refractivity contribution in [3.63, 3.8) is 0 Å². The fourth-order valence-corrected chi connectivity index (χ4v) is 2.11. The molecule has 0 radical (unpaired) electrons. The van der Waals surface area contributed by atoms with Crippen molar-refractivity contribution in [3.05, 3.63) is 28.2 Å². The maximum atomic E-state index is 11.9. The number of ether oxygens (including phenoxy) is 1. The van der Waals surface area contributed by atoms with Crippen LogP contribution in [0.5, 0.6) is 0 Å². The number of hydrogen-bond donors (Lipinski definition) is 2. The van der Waals surface area contributed by atoms with Gasteiger partial charge in [0.15, 0.2) is 0 Å². The first kappa shape index (κ1) is 18.4. The van der Waals surface area contributed by atoms with Gasteiger partial charge in [-0.2, -0.15) is 0 Å². The van der Waals surface area contributed by atoms with Crippen molar-refractivity contribution in [1.82, 2.24) is 0 Å². The summed E-state index contributed by atoms with van der Waals surface area (Å²) in [7, 11) is 1.62. The molecule has 6 heteroatoms. The molecule has 1 atom stereocenters. The minimum Gasteiger partial charge on any atom is -0.380 e. The second-order valence-electron chi connectivity index (χ2n) is 4.08. The molecule has 1 unspecified atom stereocenters. The smallest absolute Gasteiger partial charge is 0.241 e. The second-order valence-corrected chi connectivity index (χ2v) is 4.94. The summed E-state index contributed by atoms with van der Waals surface area (Å²) in [6, 6.07) is 5.15. The normalized spacial score (nSPS) is 11.6. The third-order valence-electron chi connectivity index (χ3n) is 2.60. The fraction of sp³-hybridized carbons (Fsp3) is 0.462. The number of hydrogen-bond acceptors (Lipinski definition) is 3. The zero-order valence-electron chi connectivity index (χ0n) is 11.1. The number of nitrogens with two attached hydrogens (primary N) is 1. The van der Waals surface area contributed by atoms with Crippen molar-refractivity contribution >= 4 is 39.9 Å². The number of nitrogens with one attached hydrogen (secondary N) is 1. The van der Waals surface area contributed by atoms with Crippen LogP contribution in [0.15, 0.2) is 22.7 Å². The fourth-order valence-electron chi connectivity index (χ4n) is 1.63. The molecule has 0 aliphatic heterocycles. The highest BCUT2D eigenvalue weighted by atomic mass is 79.9. The lowest BCUT2D eigenvalue weighted by Crippen LogP contribution is -2.35. The Bertz CT molecular complexity index is 416. The van der Waals surface area contributed by atoms with Gasteiger partial charge in [0.05, 0.1) is 12.6 Å². The van der Waals surface area contributed by atoms with E-state index in [2.05, 4.69) is 21.2 Å². The molecule has 0 heterocycles. The number of anilines is 1. The Balaban J connectivity index is 0.00000324. The van der Waals surface area contributed by atoms with Gasteiger partial charge < -0.3 is 15.8 Å². The van der Waals surface area contributed by atoms with E-state index in [4.69, 9.17) is 10.5 Å². The lowest BCUT2D eigenvalue weighted by molar-refractivity contribution is -0.117. The molecule has 4 nitrogen and oxygen atoms in total. The Morgan fingerprint density at radius 2 is 2.21 bits per heavy atom. The van der Waals surface area contributed by atoms with Crippen LogP contribution in [0.3, 0.4) is 0 Å². The van der Waals surface area contributed by atoms with Crippen LogP contribution < -0.4 is 11.1 Å². The molecule has 1 aromatic rings. The summed E-state index contributed by atoms with van der Waals surface area (Å²) in [5.41, 5.74) is 7.44. The summed E-state index contributed by atoms with van der Waals surface area (Å²) >= 11 is 3.44. The monoisotopic (exact) mass is 350 g/mol. The van der Waals surface area contributed by atoms with Gasteiger partial charge in [-0.3, -0.25) is 4.79 Å². The maximum absolute atomic E-state index is 11.9. The van der Waals surface area contributed by atoms with Gasteiger partial charge in [-0.25, -0.2) is 0 Å².